The number of carbonyl (C=O) groups excluding carboxylic acids is 1. The highest BCUT2D eigenvalue weighted by molar-refractivity contribution is 7.89. The number of aromatic nitrogens is 1. The summed E-state index contributed by atoms with van der Waals surface area (Å²) in [6.45, 7) is 3.84. The van der Waals surface area contributed by atoms with Crippen molar-refractivity contribution < 1.29 is 13.2 Å². The van der Waals surface area contributed by atoms with E-state index in [1.165, 1.54) is 24.3 Å². The van der Waals surface area contributed by atoms with E-state index in [0.717, 1.165) is 0 Å². The van der Waals surface area contributed by atoms with E-state index in [0.29, 0.717) is 23.0 Å². The standard InChI is InChI=1S/C21H23N3O4S/c1-14(2)12-19(21(26)22-16-6-4-3-5-7-16)24-29(27,28)17-9-10-18-15(13-17)8-11-20(25)23-18/h3-11,13-14,19,24H,12H2,1-2H3,(H,22,26)(H,23,25)/t19-/m1/s1. The van der Waals surface area contributed by atoms with E-state index in [2.05, 4.69) is 15.0 Å². The molecule has 1 amide bonds. The van der Waals surface area contributed by atoms with Gasteiger partial charge < -0.3 is 10.3 Å². The van der Waals surface area contributed by atoms with Gasteiger partial charge in [0.25, 0.3) is 0 Å². The van der Waals surface area contributed by atoms with Crippen LogP contribution in [-0.4, -0.2) is 25.4 Å². The first-order valence-electron chi connectivity index (χ1n) is 9.26. The molecule has 0 bridgehead atoms. The fraction of sp³-hybridized carbons (Fsp3) is 0.238. The number of carbonyl (C=O) groups is 1. The average molecular weight is 413 g/mol. The maximum Gasteiger partial charge on any atom is 0.248 e. The number of amides is 1. The Bertz CT molecular complexity index is 1170. The normalized spacial score (nSPS) is 12.8. The molecule has 0 saturated carbocycles. The summed E-state index contributed by atoms with van der Waals surface area (Å²) in [6.07, 6.45) is 0.346. The van der Waals surface area contributed by atoms with Crippen LogP contribution in [0.2, 0.25) is 0 Å². The summed E-state index contributed by atoms with van der Waals surface area (Å²) in [6, 6.07) is 15.3. The number of hydrogen-bond acceptors (Lipinski definition) is 4. The lowest BCUT2D eigenvalue weighted by atomic mass is 10.0. The monoisotopic (exact) mass is 413 g/mol. The lowest BCUT2D eigenvalue weighted by Gasteiger charge is -2.20. The second-order valence-electron chi connectivity index (χ2n) is 7.23. The summed E-state index contributed by atoms with van der Waals surface area (Å²) in [5.74, 6) is -0.315. The lowest BCUT2D eigenvalue weighted by molar-refractivity contribution is -0.118. The van der Waals surface area contributed by atoms with E-state index < -0.39 is 22.0 Å². The molecule has 0 unspecified atom stereocenters. The number of aromatic amines is 1. The molecule has 3 N–H and O–H groups in total. The Hall–Kier alpha value is -2.97. The van der Waals surface area contributed by atoms with Crippen LogP contribution in [0, 0.1) is 5.92 Å². The Kier molecular flexibility index (Phi) is 6.14. The number of hydrogen-bond donors (Lipinski definition) is 3. The van der Waals surface area contributed by atoms with E-state index in [4.69, 9.17) is 0 Å². The summed E-state index contributed by atoms with van der Waals surface area (Å²) >= 11 is 0. The molecule has 0 saturated heterocycles. The summed E-state index contributed by atoms with van der Waals surface area (Å²) in [4.78, 5) is 26.8. The van der Waals surface area contributed by atoms with Crippen molar-refractivity contribution >= 4 is 32.5 Å². The molecule has 8 heteroatoms. The van der Waals surface area contributed by atoms with Crippen LogP contribution in [0.3, 0.4) is 0 Å². The largest absolute Gasteiger partial charge is 0.325 e. The first-order chi connectivity index (χ1) is 13.7. The zero-order valence-electron chi connectivity index (χ0n) is 16.2. The zero-order chi connectivity index (χ0) is 21.0. The average Bonchev–Trinajstić information content (AvgIpc) is 2.67. The van der Waals surface area contributed by atoms with Crippen LogP contribution in [0.5, 0.6) is 0 Å². The number of anilines is 1. The molecular formula is C21H23N3O4S. The van der Waals surface area contributed by atoms with Crippen molar-refractivity contribution in [2.24, 2.45) is 5.92 Å². The van der Waals surface area contributed by atoms with Crippen LogP contribution >= 0.6 is 0 Å². The number of H-pyrrole nitrogens is 1. The van der Waals surface area contributed by atoms with Crippen molar-refractivity contribution in [1.29, 1.82) is 0 Å². The van der Waals surface area contributed by atoms with E-state index in [-0.39, 0.29) is 16.4 Å². The third-order valence-electron chi connectivity index (χ3n) is 4.37. The Labute approximate surface area is 169 Å². The second-order valence-corrected chi connectivity index (χ2v) is 8.94. The van der Waals surface area contributed by atoms with Gasteiger partial charge in [-0.1, -0.05) is 32.0 Å². The molecule has 0 aliphatic rings. The molecule has 29 heavy (non-hydrogen) atoms. The molecule has 152 valence electrons. The quantitative estimate of drug-likeness (QED) is 0.553. The van der Waals surface area contributed by atoms with Crippen LogP contribution in [-0.2, 0) is 14.8 Å². The van der Waals surface area contributed by atoms with Gasteiger partial charge in [0.1, 0.15) is 6.04 Å². The van der Waals surface area contributed by atoms with Crippen molar-refractivity contribution in [3.05, 3.63) is 71.0 Å². The molecule has 0 spiro atoms. The van der Waals surface area contributed by atoms with Crippen molar-refractivity contribution in [3.63, 3.8) is 0 Å². The lowest BCUT2D eigenvalue weighted by Crippen LogP contribution is -2.44. The molecule has 3 rings (SSSR count). The Morgan fingerprint density at radius 3 is 2.45 bits per heavy atom. The van der Waals surface area contributed by atoms with Crippen LogP contribution in [0.15, 0.2) is 70.4 Å². The summed E-state index contributed by atoms with van der Waals surface area (Å²) in [5.41, 5.74) is 0.873. The van der Waals surface area contributed by atoms with E-state index in [9.17, 15) is 18.0 Å². The number of rotatable bonds is 7. The third kappa shape index (κ3) is 5.30. The summed E-state index contributed by atoms with van der Waals surface area (Å²) < 4.78 is 28.4. The minimum atomic E-state index is -3.95. The molecule has 0 aliphatic carbocycles. The molecule has 1 atom stereocenters. The third-order valence-corrected chi connectivity index (χ3v) is 5.84. The highest BCUT2D eigenvalue weighted by atomic mass is 32.2. The van der Waals surface area contributed by atoms with Gasteiger partial charge in [-0.05, 0) is 54.1 Å². The fourth-order valence-corrected chi connectivity index (χ4v) is 4.23. The van der Waals surface area contributed by atoms with Gasteiger partial charge in [0.15, 0.2) is 0 Å². The fourth-order valence-electron chi connectivity index (χ4n) is 2.99. The number of nitrogens with one attached hydrogen (secondary N) is 3. The molecule has 3 aromatic rings. The molecule has 0 aliphatic heterocycles. The maximum absolute atomic E-state index is 12.9. The van der Waals surface area contributed by atoms with Gasteiger partial charge in [0.2, 0.25) is 21.5 Å². The van der Waals surface area contributed by atoms with Gasteiger partial charge >= 0.3 is 0 Å². The highest BCUT2D eigenvalue weighted by Gasteiger charge is 2.27. The molecule has 7 nitrogen and oxygen atoms in total. The molecule has 0 fully saturated rings. The van der Waals surface area contributed by atoms with Crippen LogP contribution in [0.1, 0.15) is 20.3 Å². The minimum absolute atomic E-state index is 0.0262. The van der Waals surface area contributed by atoms with Crippen LogP contribution in [0.4, 0.5) is 5.69 Å². The van der Waals surface area contributed by atoms with Crippen molar-refractivity contribution in [1.82, 2.24) is 9.71 Å². The maximum atomic E-state index is 12.9. The van der Waals surface area contributed by atoms with Crippen molar-refractivity contribution in [2.75, 3.05) is 5.32 Å². The molecule has 1 aromatic heterocycles. The van der Waals surface area contributed by atoms with Gasteiger partial charge in [0.05, 0.1) is 4.90 Å². The first kappa shape index (κ1) is 20.8. The van der Waals surface area contributed by atoms with Crippen LogP contribution < -0.4 is 15.6 Å². The predicted octanol–water partition coefficient (Wildman–Crippen LogP) is 2.86. The van der Waals surface area contributed by atoms with Gasteiger partial charge in [-0.25, -0.2) is 8.42 Å². The van der Waals surface area contributed by atoms with Crippen molar-refractivity contribution in [2.45, 2.75) is 31.2 Å². The van der Waals surface area contributed by atoms with Crippen LogP contribution in [0.25, 0.3) is 10.9 Å². The number of benzene rings is 2. The molecule has 0 radical (unpaired) electrons. The van der Waals surface area contributed by atoms with E-state index >= 15 is 0 Å². The van der Waals surface area contributed by atoms with Crippen molar-refractivity contribution in [3.8, 4) is 0 Å². The smallest absolute Gasteiger partial charge is 0.248 e. The Morgan fingerprint density at radius 1 is 1.03 bits per heavy atom. The van der Waals surface area contributed by atoms with Gasteiger partial charge in [-0.3, -0.25) is 9.59 Å². The Balaban J connectivity index is 1.86. The van der Waals surface area contributed by atoms with E-state index in [1.54, 1.807) is 30.3 Å². The summed E-state index contributed by atoms with van der Waals surface area (Å²) in [7, 11) is -3.95. The minimum Gasteiger partial charge on any atom is -0.325 e. The first-order valence-corrected chi connectivity index (χ1v) is 10.7. The van der Waals surface area contributed by atoms with Gasteiger partial charge in [-0.2, -0.15) is 4.72 Å². The van der Waals surface area contributed by atoms with Gasteiger partial charge in [0, 0.05) is 17.3 Å². The molecular weight excluding hydrogens is 390 g/mol. The number of fused-ring (bicyclic) bond motifs is 1. The summed E-state index contributed by atoms with van der Waals surface area (Å²) in [5, 5.41) is 3.34. The predicted molar refractivity (Wildman–Crippen MR) is 113 cm³/mol. The number of para-hydroxylation sites is 1. The Morgan fingerprint density at radius 2 is 1.76 bits per heavy atom. The highest BCUT2D eigenvalue weighted by Crippen LogP contribution is 2.18. The molecule has 2 aromatic carbocycles. The SMILES string of the molecule is CC(C)C[C@@H](NS(=O)(=O)c1ccc2[nH]c(=O)ccc2c1)C(=O)Nc1ccccc1. The second kappa shape index (κ2) is 8.59. The topological polar surface area (TPSA) is 108 Å². The zero-order valence-corrected chi connectivity index (χ0v) is 17.0. The van der Waals surface area contributed by atoms with E-state index in [1.807, 2.05) is 19.9 Å². The number of sulfonamides is 1. The van der Waals surface area contributed by atoms with Gasteiger partial charge in [-0.15, -0.1) is 0 Å². The number of pyridine rings is 1. The molecule has 1 heterocycles.